The van der Waals surface area contributed by atoms with E-state index < -0.39 is 68.6 Å². The fourth-order valence-corrected chi connectivity index (χ4v) is 4.13. The summed E-state index contributed by atoms with van der Waals surface area (Å²) in [5, 5.41) is 36.7. The second-order valence-corrected chi connectivity index (χ2v) is 9.87. The first kappa shape index (κ1) is 31.0. The number of hydrogen-bond acceptors (Lipinski definition) is 13. The van der Waals surface area contributed by atoms with Crippen LogP contribution in [0, 0.1) is 0 Å². The summed E-state index contributed by atoms with van der Waals surface area (Å²) in [5.74, 6) is -1.79. The first-order valence-corrected chi connectivity index (χ1v) is 13.2. The van der Waals surface area contributed by atoms with E-state index in [1.54, 1.807) is 12.4 Å². The molecule has 0 bridgehead atoms. The molecule has 220 valence electrons. The monoisotopic (exact) mass is 589 g/mol. The second-order valence-electron chi connectivity index (χ2n) is 8.63. The molecule has 1 saturated heterocycles. The van der Waals surface area contributed by atoms with Crippen LogP contribution in [-0.2, 0) is 23.4 Å². The number of carboxylic acid groups (broad SMARTS) is 2. The van der Waals surface area contributed by atoms with Crippen molar-refractivity contribution in [2.75, 3.05) is 12.3 Å². The molecule has 3 aliphatic rings. The number of aromatic amines is 1. The zero-order chi connectivity index (χ0) is 29.6. The average Bonchev–Trinajstić information content (AvgIpc) is 3.67. The smallest absolute Gasteiger partial charge is 0.469 e. The summed E-state index contributed by atoms with van der Waals surface area (Å²) in [6.45, 7) is -0.651. The summed E-state index contributed by atoms with van der Waals surface area (Å²) in [7, 11) is -4.76. The molecule has 0 spiro atoms. The fraction of sp³-hybridized carbons (Fsp3) is 0.550. The van der Waals surface area contributed by atoms with Crippen LogP contribution in [0.4, 0.5) is 5.95 Å². The van der Waals surface area contributed by atoms with Gasteiger partial charge in [0, 0.05) is 0 Å². The Balaban J connectivity index is 0.000000223. The number of carbonyl (C=O) groups is 2. The number of anilines is 1. The minimum Gasteiger partial charge on any atom is -0.480 e. The molecule has 1 fully saturated rings. The Bertz CT molecular complexity index is 1340. The lowest BCUT2D eigenvalue weighted by atomic mass is 10.1. The predicted molar refractivity (Wildman–Crippen MR) is 135 cm³/mol. The van der Waals surface area contributed by atoms with E-state index in [4.69, 9.17) is 30.5 Å². The van der Waals surface area contributed by atoms with Crippen molar-refractivity contribution in [1.82, 2.24) is 19.5 Å². The van der Waals surface area contributed by atoms with Crippen LogP contribution in [0.2, 0.25) is 0 Å². The maximum absolute atomic E-state index is 11.7. The maximum atomic E-state index is 11.7. The average molecular weight is 589 g/mol. The number of fused-ring (bicyclic) bond motifs is 1. The van der Waals surface area contributed by atoms with Crippen molar-refractivity contribution in [2.45, 2.75) is 62.3 Å². The van der Waals surface area contributed by atoms with Gasteiger partial charge in [0.2, 0.25) is 5.95 Å². The highest BCUT2D eigenvalue weighted by Crippen LogP contribution is 2.38. The lowest BCUT2D eigenvalue weighted by molar-refractivity contribution is -0.139. The molecule has 19 nitrogen and oxygen atoms in total. The van der Waals surface area contributed by atoms with Gasteiger partial charge in [0.15, 0.2) is 17.4 Å². The van der Waals surface area contributed by atoms with Gasteiger partial charge < -0.3 is 40.7 Å². The van der Waals surface area contributed by atoms with Crippen LogP contribution >= 0.6 is 7.82 Å². The van der Waals surface area contributed by atoms with Gasteiger partial charge in [-0.2, -0.15) is 4.98 Å². The molecule has 5 heterocycles. The molecule has 0 aliphatic carbocycles. The van der Waals surface area contributed by atoms with Crippen LogP contribution in [0.5, 0.6) is 0 Å². The number of nitrogens with two attached hydrogens (primary N) is 1. The summed E-state index contributed by atoms with van der Waals surface area (Å²) < 4.78 is 21.6. The number of rotatable bonds is 6. The summed E-state index contributed by atoms with van der Waals surface area (Å²) in [6, 6.07) is -0.898. The number of H-pyrrole nitrogens is 1. The van der Waals surface area contributed by atoms with Gasteiger partial charge in [0.1, 0.15) is 30.4 Å². The predicted octanol–water partition coefficient (Wildman–Crippen LogP) is -1.96. The van der Waals surface area contributed by atoms with Crippen molar-refractivity contribution in [3.05, 3.63) is 16.7 Å². The van der Waals surface area contributed by atoms with E-state index in [1.807, 2.05) is 0 Å². The molecule has 6 atom stereocenters. The van der Waals surface area contributed by atoms with E-state index >= 15 is 0 Å². The van der Waals surface area contributed by atoms with Gasteiger partial charge >= 0.3 is 19.8 Å². The number of aliphatic carboxylic acids is 2. The van der Waals surface area contributed by atoms with Crippen LogP contribution in [0.3, 0.4) is 0 Å². The number of nitrogens with one attached hydrogen (secondary N) is 1. The van der Waals surface area contributed by atoms with Gasteiger partial charge in [-0.25, -0.2) is 19.1 Å². The third-order valence-corrected chi connectivity index (χ3v) is 6.23. The zero-order valence-corrected chi connectivity index (χ0v) is 21.5. The molecule has 0 radical (unpaired) electrons. The third-order valence-electron chi connectivity index (χ3n) is 5.75. The number of aliphatic hydroxyl groups is 2. The number of nitrogens with zero attached hydrogens (tertiary/aromatic N) is 5. The maximum Gasteiger partial charge on any atom is 0.469 e. The molecular formula is C20H28N7O12P. The number of hydrogen-bond donors (Lipinski definition) is 8. The molecule has 40 heavy (non-hydrogen) atoms. The van der Waals surface area contributed by atoms with E-state index in [0.717, 1.165) is 12.8 Å². The summed E-state index contributed by atoms with van der Waals surface area (Å²) >= 11 is 0. The van der Waals surface area contributed by atoms with Crippen LogP contribution in [-0.4, -0.2) is 111 Å². The number of nitrogen functional groups attached to an aromatic ring is 1. The molecule has 20 heteroatoms. The van der Waals surface area contributed by atoms with Crippen molar-refractivity contribution in [3.8, 4) is 0 Å². The Hall–Kier alpha value is -3.58. The van der Waals surface area contributed by atoms with Gasteiger partial charge in [-0.15, -0.1) is 0 Å². The Morgan fingerprint density at radius 2 is 1.68 bits per heavy atom. The lowest BCUT2D eigenvalue weighted by Crippen LogP contribution is -2.33. The molecule has 2 aromatic heterocycles. The largest absolute Gasteiger partial charge is 0.480 e. The topological polar surface area (TPSA) is 305 Å². The number of aliphatic hydroxyl groups excluding tert-OH is 2. The molecule has 0 amide bonds. The summed E-state index contributed by atoms with van der Waals surface area (Å²) in [5.41, 5.74) is 4.84. The number of phosphoric ester groups is 1. The highest BCUT2D eigenvalue weighted by molar-refractivity contribution is 7.46. The van der Waals surface area contributed by atoms with E-state index in [9.17, 15) is 29.2 Å². The lowest BCUT2D eigenvalue weighted by Gasteiger charge is -2.16. The molecule has 1 unspecified atom stereocenters. The van der Waals surface area contributed by atoms with Crippen LogP contribution < -0.4 is 11.3 Å². The first-order valence-electron chi connectivity index (χ1n) is 11.7. The SMILES string of the molecule is Nc1nc2c(ncn2[C@@H]2O[C@H](COP(=O)(O)O)[C@H](O)[C@H]2O)c(=O)[nH]1.O=C(O)C1CCC=N1.O=C(O)[C@@H]1CCC=N1. The Labute approximate surface area is 224 Å². The number of ether oxygens (including phenoxy) is 1. The van der Waals surface area contributed by atoms with Crippen molar-refractivity contribution in [1.29, 1.82) is 0 Å². The number of aromatic nitrogens is 4. The fourth-order valence-electron chi connectivity index (χ4n) is 3.79. The minimum absolute atomic E-state index is 0.0176. The number of imidazole rings is 1. The summed E-state index contributed by atoms with van der Waals surface area (Å²) in [4.78, 5) is 66.7. The third kappa shape index (κ3) is 7.98. The molecular weight excluding hydrogens is 561 g/mol. The van der Waals surface area contributed by atoms with Gasteiger partial charge in [-0.1, -0.05) is 0 Å². The van der Waals surface area contributed by atoms with Gasteiger partial charge in [-0.05, 0) is 38.1 Å². The highest BCUT2D eigenvalue weighted by Gasteiger charge is 2.45. The van der Waals surface area contributed by atoms with Crippen molar-refractivity contribution >= 4 is 49.3 Å². The Morgan fingerprint density at radius 1 is 1.10 bits per heavy atom. The highest BCUT2D eigenvalue weighted by atomic mass is 31.2. The first-order chi connectivity index (χ1) is 18.8. The molecule has 5 rings (SSSR count). The van der Waals surface area contributed by atoms with Crippen molar-refractivity contribution in [2.24, 2.45) is 9.98 Å². The van der Waals surface area contributed by atoms with E-state index in [0.29, 0.717) is 12.8 Å². The minimum atomic E-state index is -4.76. The van der Waals surface area contributed by atoms with Gasteiger partial charge in [0.25, 0.3) is 5.56 Å². The molecule has 2 aromatic rings. The molecule has 9 N–H and O–H groups in total. The van der Waals surface area contributed by atoms with Crippen LogP contribution in [0.1, 0.15) is 31.9 Å². The van der Waals surface area contributed by atoms with E-state index in [-0.39, 0.29) is 17.1 Å². The van der Waals surface area contributed by atoms with Gasteiger partial charge in [0.05, 0.1) is 12.9 Å². The van der Waals surface area contributed by atoms with Crippen LogP contribution in [0.25, 0.3) is 11.2 Å². The number of carboxylic acids is 2. The van der Waals surface area contributed by atoms with E-state index in [2.05, 4.69) is 29.5 Å². The van der Waals surface area contributed by atoms with Gasteiger partial charge in [-0.3, -0.25) is 28.9 Å². The Morgan fingerprint density at radius 3 is 2.12 bits per heavy atom. The standard InChI is InChI=1S/C10H14N5O8P.2C5H7NO2/c11-10-13-7-4(8(18)14-10)12-2-15(7)9-6(17)5(16)3(23-9)1-22-24(19,20)21;2*7-5(8)4-2-1-3-6-4/h2-3,5-6,9,16-17H,1H2,(H2,19,20,21)(H3,11,13,14,18);2*3-4H,1-2H2,(H,7,8)/t3-,5+,6-,9-;4-;/m10./s1. The molecule has 3 aliphatic heterocycles. The zero-order valence-electron chi connectivity index (χ0n) is 20.6. The summed E-state index contributed by atoms with van der Waals surface area (Å²) in [6.07, 6.45) is 2.10. The molecule has 0 aromatic carbocycles. The number of phosphoric acid groups is 1. The van der Waals surface area contributed by atoms with Crippen LogP contribution in [0.15, 0.2) is 21.1 Å². The van der Waals surface area contributed by atoms with Crippen molar-refractivity contribution < 1.29 is 53.6 Å². The normalized spacial score (nSPS) is 27.2. The number of aliphatic imine (C=N–C) groups is 2. The quantitative estimate of drug-likeness (QED) is 0.170. The molecule has 0 saturated carbocycles. The Kier molecular flexibility index (Phi) is 10.2. The van der Waals surface area contributed by atoms with E-state index in [1.165, 1.54) is 10.9 Å². The van der Waals surface area contributed by atoms with Crippen molar-refractivity contribution in [3.63, 3.8) is 0 Å². The second kappa shape index (κ2) is 13.2.